The second-order valence-corrected chi connectivity index (χ2v) is 7.54. The molecule has 0 saturated heterocycles. The van der Waals surface area contributed by atoms with Crippen molar-refractivity contribution in [3.8, 4) is 5.75 Å². The van der Waals surface area contributed by atoms with Crippen LogP contribution >= 0.6 is 0 Å². The number of rotatable bonds is 5. The van der Waals surface area contributed by atoms with Crippen molar-refractivity contribution >= 4 is 22.4 Å². The van der Waals surface area contributed by atoms with Crippen molar-refractivity contribution in [2.24, 2.45) is 7.05 Å². The number of hydrogen-bond donors (Lipinski definition) is 0. The second kappa shape index (κ2) is 7.46. The third-order valence-electron chi connectivity index (χ3n) is 5.56. The SMILES string of the molecule is Cc1cc2c(N(C)c3cc(C(F)F)ccn3)cc(OC3CCC3)cc2n(C)c1=O. The summed E-state index contributed by atoms with van der Waals surface area (Å²) >= 11 is 0. The van der Waals surface area contributed by atoms with E-state index in [0.717, 1.165) is 35.9 Å². The van der Waals surface area contributed by atoms with Crippen LogP contribution in [0.1, 0.15) is 36.8 Å². The lowest BCUT2D eigenvalue weighted by Crippen LogP contribution is -2.25. The zero-order valence-electron chi connectivity index (χ0n) is 16.7. The Morgan fingerprint density at radius 1 is 1.24 bits per heavy atom. The lowest BCUT2D eigenvalue weighted by atomic mass is 9.96. The molecule has 0 spiro atoms. The van der Waals surface area contributed by atoms with Crippen LogP contribution in [-0.2, 0) is 7.05 Å². The minimum absolute atomic E-state index is 0.0790. The van der Waals surface area contributed by atoms with Crippen molar-refractivity contribution in [2.75, 3.05) is 11.9 Å². The molecule has 152 valence electrons. The quantitative estimate of drug-likeness (QED) is 0.614. The van der Waals surface area contributed by atoms with Crippen molar-refractivity contribution in [1.29, 1.82) is 0 Å². The van der Waals surface area contributed by atoms with Crippen LogP contribution in [-0.4, -0.2) is 22.7 Å². The summed E-state index contributed by atoms with van der Waals surface area (Å²) in [5.74, 6) is 1.06. The molecule has 1 aromatic carbocycles. The van der Waals surface area contributed by atoms with Gasteiger partial charge in [0.2, 0.25) is 0 Å². The Morgan fingerprint density at radius 2 is 2.00 bits per heavy atom. The first kappa shape index (κ1) is 19.4. The summed E-state index contributed by atoms with van der Waals surface area (Å²) in [7, 11) is 3.50. The van der Waals surface area contributed by atoms with E-state index in [1.54, 1.807) is 30.5 Å². The highest BCUT2D eigenvalue weighted by molar-refractivity contribution is 5.95. The molecule has 5 nitrogen and oxygen atoms in total. The maximum Gasteiger partial charge on any atom is 0.264 e. The van der Waals surface area contributed by atoms with E-state index in [4.69, 9.17) is 4.74 Å². The summed E-state index contributed by atoms with van der Waals surface area (Å²) in [4.78, 5) is 18.5. The van der Waals surface area contributed by atoms with Crippen LogP contribution in [0.4, 0.5) is 20.3 Å². The third-order valence-corrected chi connectivity index (χ3v) is 5.56. The summed E-state index contributed by atoms with van der Waals surface area (Å²) in [6, 6.07) is 8.28. The molecule has 0 aliphatic heterocycles. The van der Waals surface area contributed by atoms with E-state index in [2.05, 4.69) is 4.98 Å². The van der Waals surface area contributed by atoms with Crippen molar-refractivity contribution in [2.45, 2.75) is 38.7 Å². The van der Waals surface area contributed by atoms with Crippen LogP contribution in [0.2, 0.25) is 0 Å². The van der Waals surface area contributed by atoms with Crippen molar-refractivity contribution < 1.29 is 13.5 Å². The Morgan fingerprint density at radius 3 is 2.66 bits per heavy atom. The van der Waals surface area contributed by atoms with E-state index in [-0.39, 0.29) is 17.2 Å². The number of hydrogen-bond acceptors (Lipinski definition) is 4. The Hall–Kier alpha value is -2.96. The average molecular weight is 399 g/mol. The van der Waals surface area contributed by atoms with Crippen LogP contribution in [0.3, 0.4) is 0 Å². The van der Waals surface area contributed by atoms with Gasteiger partial charge in [-0.2, -0.15) is 0 Å². The predicted molar refractivity (Wildman–Crippen MR) is 109 cm³/mol. The molecule has 1 fully saturated rings. The smallest absolute Gasteiger partial charge is 0.264 e. The molecule has 1 aliphatic carbocycles. The first-order valence-electron chi connectivity index (χ1n) is 9.64. The summed E-state index contributed by atoms with van der Waals surface area (Å²) in [5, 5.41) is 0.831. The van der Waals surface area contributed by atoms with Crippen molar-refractivity contribution in [3.05, 3.63) is 58.0 Å². The van der Waals surface area contributed by atoms with E-state index < -0.39 is 6.43 Å². The van der Waals surface area contributed by atoms with Crippen LogP contribution in [0, 0.1) is 6.92 Å². The molecule has 0 bridgehead atoms. The van der Waals surface area contributed by atoms with Crippen molar-refractivity contribution in [1.82, 2.24) is 9.55 Å². The number of ether oxygens (including phenoxy) is 1. The van der Waals surface area contributed by atoms with Gasteiger partial charge in [-0.05, 0) is 44.4 Å². The van der Waals surface area contributed by atoms with Gasteiger partial charge in [0.1, 0.15) is 11.6 Å². The Balaban J connectivity index is 1.88. The fourth-order valence-electron chi connectivity index (χ4n) is 3.58. The number of aryl methyl sites for hydroxylation is 2. The van der Waals surface area contributed by atoms with E-state index >= 15 is 0 Å². The predicted octanol–water partition coefficient (Wildman–Crippen LogP) is 4.88. The van der Waals surface area contributed by atoms with Gasteiger partial charge < -0.3 is 14.2 Å². The lowest BCUT2D eigenvalue weighted by Gasteiger charge is -2.28. The minimum Gasteiger partial charge on any atom is -0.490 e. The van der Waals surface area contributed by atoms with Gasteiger partial charge in [-0.1, -0.05) is 0 Å². The molecule has 2 aromatic heterocycles. The van der Waals surface area contributed by atoms with Gasteiger partial charge in [0.25, 0.3) is 12.0 Å². The molecule has 2 heterocycles. The highest BCUT2D eigenvalue weighted by Crippen LogP contribution is 2.36. The normalized spacial score (nSPS) is 14.3. The topological polar surface area (TPSA) is 47.4 Å². The molecule has 4 rings (SSSR count). The van der Waals surface area contributed by atoms with E-state index in [0.29, 0.717) is 17.1 Å². The number of benzene rings is 1. The second-order valence-electron chi connectivity index (χ2n) is 7.54. The Labute approximate surface area is 167 Å². The summed E-state index contributed by atoms with van der Waals surface area (Å²) in [6.45, 7) is 1.76. The van der Waals surface area contributed by atoms with Gasteiger partial charge in [0, 0.05) is 48.9 Å². The number of fused-ring (bicyclic) bond motifs is 1. The van der Waals surface area contributed by atoms with Gasteiger partial charge in [0.05, 0.1) is 17.3 Å². The number of alkyl halides is 2. The summed E-state index contributed by atoms with van der Waals surface area (Å²) < 4.78 is 34.0. The number of halogens is 2. The first-order chi connectivity index (χ1) is 13.8. The largest absolute Gasteiger partial charge is 0.490 e. The molecule has 3 aromatic rings. The van der Waals surface area contributed by atoms with E-state index in [9.17, 15) is 13.6 Å². The van der Waals surface area contributed by atoms with Crippen LogP contribution in [0.15, 0.2) is 41.3 Å². The van der Waals surface area contributed by atoms with Gasteiger partial charge in [-0.3, -0.25) is 4.79 Å². The van der Waals surface area contributed by atoms with Gasteiger partial charge >= 0.3 is 0 Å². The highest BCUT2D eigenvalue weighted by Gasteiger charge is 2.21. The molecule has 0 unspecified atom stereocenters. The molecule has 0 atom stereocenters. The molecule has 7 heteroatoms. The van der Waals surface area contributed by atoms with Crippen LogP contribution < -0.4 is 15.2 Å². The molecule has 1 aliphatic rings. The van der Waals surface area contributed by atoms with E-state index in [1.807, 2.05) is 18.2 Å². The molecule has 0 N–H and O–H groups in total. The number of pyridine rings is 2. The Kier molecular flexibility index (Phi) is 4.98. The molecule has 0 amide bonds. The number of nitrogens with zero attached hydrogens (tertiary/aromatic N) is 3. The zero-order chi connectivity index (χ0) is 20.7. The van der Waals surface area contributed by atoms with Gasteiger partial charge in [-0.25, -0.2) is 13.8 Å². The van der Waals surface area contributed by atoms with Gasteiger partial charge in [-0.15, -0.1) is 0 Å². The number of aromatic nitrogens is 2. The lowest BCUT2D eigenvalue weighted by molar-refractivity contribution is 0.120. The van der Waals surface area contributed by atoms with E-state index in [1.165, 1.54) is 18.3 Å². The summed E-state index contributed by atoms with van der Waals surface area (Å²) in [6.07, 6.45) is 2.15. The van der Waals surface area contributed by atoms with Crippen LogP contribution in [0.5, 0.6) is 5.75 Å². The molecular weight excluding hydrogens is 376 g/mol. The van der Waals surface area contributed by atoms with Crippen molar-refractivity contribution in [3.63, 3.8) is 0 Å². The molecule has 0 radical (unpaired) electrons. The fourth-order valence-corrected chi connectivity index (χ4v) is 3.58. The van der Waals surface area contributed by atoms with Crippen LogP contribution in [0.25, 0.3) is 10.9 Å². The summed E-state index contributed by atoms with van der Waals surface area (Å²) in [5.41, 5.74) is 1.91. The standard InChI is InChI=1S/C22H23F2N3O2/c1-13-9-17-18(26(2)20-10-14(21(23)24)7-8-25-20)11-16(29-15-5-4-6-15)12-19(17)27(3)22(13)28/h7-12,15,21H,4-6H2,1-3H3. The molecule has 1 saturated carbocycles. The first-order valence-corrected chi connectivity index (χ1v) is 9.64. The number of anilines is 2. The highest BCUT2D eigenvalue weighted by atomic mass is 19.3. The maximum absolute atomic E-state index is 13.2. The van der Waals surface area contributed by atoms with Gasteiger partial charge in [0.15, 0.2) is 0 Å². The molecule has 29 heavy (non-hydrogen) atoms. The zero-order valence-corrected chi connectivity index (χ0v) is 16.7. The fraction of sp³-hybridized carbons (Fsp3) is 0.364. The monoisotopic (exact) mass is 399 g/mol. The average Bonchev–Trinajstić information content (AvgIpc) is 2.68. The molecular formula is C22H23F2N3O2. The minimum atomic E-state index is -2.57. The maximum atomic E-state index is 13.2. The third kappa shape index (κ3) is 3.57. The Bertz CT molecular complexity index is 1120.